The van der Waals surface area contributed by atoms with Gasteiger partial charge in [0, 0.05) is 44.0 Å². The third-order valence-corrected chi connectivity index (χ3v) is 17.7. The van der Waals surface area contributed by atoms with Gasteiger partial charge in [0.2, 0.25) is 13.4 Å². The van der Waals surface area contributed by atoms with Gasteiger partial charge in [0.1, 0.15) is 0 Å². The van der Waals surface area contributed by atoms with Gasteiger partial charge in [-0.15, -0.1) is 0 Å². The zero-order valence-corrected chi connectivity index (χ0v) is 46.7. The maximum atomic E-state index is 2.70. The Balaban J connectivity index is 1.22. The summed E-state index contributed by atoms with van der Waals surface area (Å²) >= 11 is 0. The Morgan fingerprint density at radius 3 is 0.974 bits per heavy atom. The van der Waals surface area contributed by atoms with Crippen molar-refractivity contribution in [1.29, 1.82) is 0 Å². The Bertz CT molecular complexity index is 3800. The highest BCUT2D eigenvalue weighted by atomic mass is 15.0. The minimum Gasteiger partial charge on any atom is -0.310 e. The molecule has 2 aromatic heterocycles. The molecule has 0 N–H and O–H groups in total. The van der Waals surface area contributed by atoms with Crippen molar-refractivity contribution in [2.45, 2.75) is 119 Å². The molecule has 13 rings (SSSR count). The second-order valence-corrected chi connectivity index (χ2v) is 24.3. The van der Waals surface area contributed by atoms with Crippen LogP contribution in [0.5, 0.6) is 0 Å². The standard InChI is InChI=1S/C72H70B2N2/c1-41(2)51-35-55(43(5)6)69(56(36-51)44(7)8)73-61-27-19-25-53-59-33-49(47-21-15-13-16-22-47)29-31-65(59)75(71(53)61)67-40-64-68(39-63(67)73)76-66-32-30-50(48-23-17-14-18-24-48)34-60(66)54-26-20-28-62(72(54)76)74(64)70-57(45(9)10)37-52(42(3)4)38-58(70)46(11)12/h13-46H,1-12H3. The van der Waals surface area contributed by atoms with E-state index in [0.29, 0.717) is 35.5 Å². The van der Waals surface area contributed by atoms with Gasteiger partial charge in [-0.3, -0.25) is 0 Å². The average Bonchev–Trinajstić information content (AvgIpc) is 4.01. The maximum absolute atomic E-state index is 2.70. The molecule has 11 aromatic rings. The highest BCUT2D eigenvalue weighted by molar-refractivity contribution is 7.00. The van der Waals surface area contributed by atoms with E-state index < -0.39 is 0 Å². The molecule has 2 aliphatic rings. The van der Waals surface area contributed by atoms with Crippen molar-refractivity contribution in [3.05, 3.63) is 203 Å². The summed E-state index contributed by atoms with van der Waals surface area (Å²) in [5.41, 5.74) is 30.0. The van der Waals surface area contributed by atoms with Gasteiger partial charge < -0.3 is 9.13 Å². The highest BCUT2D eigenvalue weighted by Crippen LogP contribution is 2.41. The number of aromatic nitrogens is 2. The lowest BCUT2D eigenvalue weighted by Crippen LogP contribution is -2.61. The van der Waals surface area contributed by atoms with E-state index in [4.69, 9.17) is 0 Å². The summed E-state index contributed by atoms with van der Waals surface area (Å²) in [4.78, 5) is 0. The van der Waals surface area contributed by atoms with E-state index in [1.807, 2.05) is 0 Å². The molecule has 0 unspecified atom stereocenters. The van der Waals surface area contributed by atoms with Crippen LogP contribution in [-0.2, 0) is 0 Å². The lowest BCUT2D eigenvalue weighted by Gasteiger charge is -2.36. The van der Waals surface area contributed by atoms with Crippen LogP contribution < -0.4 is 32.8 Å². The second kappa shape index (κ2) is 18.2. The summed E-state index contributed by atoms with van der Waals surface area (Å²) in [6, 6.07) is 66.5. The molecule has 0 saturated carbocycles. The Morgan fingerprint density at radius 1 is 0.289 bits per heavy atom. The molecule has 76 heavy (non-hydrogen) atoms. The lowest BCUT2D eigenvalue weighted by molar-refractivity contribution is 0.812. The van der Waals surface area contributed by atoms with Crippen molar-refractivity contribution in [3.63, 3.8) is 0 Å². The van der Waals surface area contributed by atoms with E-state index >= 15 is 0 Å². The Labute approximate surface area is 452 Å². The van der Waals surface area contributed by atoms with E-state index in [0.717, 1.165) is 0 Å². The normalized spacial score (nSPS) is 13.1. The Hall–Kier alpha value is -7.29. The van der Waals surface area contributed by atoms with E-state index in [-0.39, 0.29) is 13.4 Å². The summed E-state index contributed by atoms with van der Waals surface area (Å²) in [6.45, 7) is 28.8. The SMILES string of the molecule is CC(C)c1cc(C(C)C)c(B2c3cc4c(cc3-n3c5ccc(-c6ccccc6)cc5c5cccc2c53)B(c2c(C(C)C)cc(C(C)C)cc2C(C)C)c2cccc3c5cc(-c6ccccc6)ccc5n-4c23)c(C(C)C)c1. The van der Waals surface area contributed by atoms with Crippen LogP contribution in [0.3, 0.4) is 0 Å². The first kappa shape index (κ1) is 48.4. The van der Waals surface area contributed by atoms with Gasteiger partial charge in [-0.1, -0.05) is 227 Å². The van der Waals surface area contributed by atoms with Crippen molar-refractivity contribution in [2.75, 3.05) is 0 Å². The van der Waals surface area contributed by atoms with Crippen LogP contribution in [0.2, 0.25) is 0 Å². The van der Waals surface area contributed by atoms with E-state index in [9.17, 15) is 0 Å². The van der Waals surface area contributed by atoms with Gasteiger partial charge in [0.05, 0.1) is 11.0 Å². The minimum atomic E-state index is -0.00851. The average molecular weight is 985 g/mol. The zero-order valence-electron chi connectivity index (χ0n) is 46.7. The molecule has 4 heteroatoms. The molecule has 0 atom stereocenters. The third-order valence-electron chi connectivity index (χ3n) is 17.7. The highest BCUT2D eigenvalue weighted by Gasteiger charge is 2.42. The molecule has 2 aliphatic heterocycles. The van der Waals surface area contributed by atoms with Crippen LogP contribution in [0.15, 0.2) is 170 Å². The summed E-state index contributed by atoms with van der Waals surface area (Å²) in [5.74, 6) is 2.15. The predicted octanol–water partition coefficient (Wildman–Crippen LogP) is 15.6. The zero-order chi connectivity index (χ0) is 52.6. The number of nitrogens with zero attached hydrogens (tertiary/aromatic N) is 2. The molecule has 0 fully saturated rings. The molecular weight excluding hydrogens is 914 g/mol. The van der Waals surface area contributed by atoms with Gasteiger partial charge in [-0.05, 0) is 149 Å². The number of rotatable bonds is 10. The van der Waals surface area contributed by atoms with Crippen molar-refractivity contribution in [1.82, 2.24) is 9.13 Å². The minimum absolute atomic E-state index is 0.00851. The Kier molecular flexibility index (Phi) is 11.6. The largest absolute Gasteiger partial charge is 0.310 e. The molecular formula is C72H70B2N2. The van der Waals surface area contributed by atoms with Crippen LogP contribution in [0, 0.1) is 0 Å². The lowest BCUT2D eigenvalue weighted by atomic mass is 9.31. The van der Waals surface area contributed by atoms with E-state index in [2.05, 4.69) is 262 Å². The predicted molar refractivity (Wildman–Crippen MR) is 333 cm³/mol. The second-order valence-electron chi connectivity index (χ2n) is 24.3. The number of hydrogen-bond acceptors (Lipinski definition) is 0. The molecule has 0 saturated heterocycles. The Morgan fingerprint density at radius 2 is 0.645 bits per heavy atom. The summed E-state index contributed by atoms with van der Waals surface area (Å²) in [5, 5.41) is 5.23. The number of hydrogen-bond donors (Lipinski definition) is 0. The molecule has 4 heterocycles. The van der Waals surface area contributed by atoms with Crippen LogP contribution in [0.1, 0.15) is 152 Å². The molecule has 0 spiro atoms. The van der Waals surface area contributed by atoms with Gasteiger partial charge in [-0.25, -0.2) is 0 Å². The number of para-hydroxylation sites is 2. The molecule has 0 bridgehead atoms. The monoisotopic (exact) mass is 985 g/mol. The van der Waals surface area contributed by atoms with Gasteiger partial charge in [-0.2, -0.15) is 0 Å². The first-order valence-corrected chi connectivity index (χ1v) is 28.5. The van der Waals surface area contributed by atoms with Gasteiger partial charge >= 0.3 is 0 Å². The molecule has 374 valence electrons. The van der Waals surface area contributed by atoms with Crippen molar-refractivity contribution < 1.29 is 0 Å². The first-order chi connectivity index (χ1) is 36.7. The fourth-order valence-electron chi connectivity index (χ4n) is 13.9. The number of fused-ring (bicyclic) bond motifs is 10. The maximum Gasteiger partial charge on any atom is 0.247 e. The molecule has 0 radical (unpaired) electrons. The van der Waals surface area contributed by atoms with Crippen molar-refractivity contribution in [3.8, 4) is 33.6 Å². The van der Waals surface area contributed by atoms with Gasteiger partial charge in [0.15, 0.2) is 0 Å². The van der Waals surface area contributed by atoms with Gasteiger partial charge in [0.25, 0.3) is 0 Å². The van der Waals surface area contributed by atoms with Crippen LogP contribution in [0.4, 0.5) is 0 Å². The van der Waals surface area contributed by atoms with E-state index in [1.165, 1.54) is 143 Å². The van der Waals surface area contributed by atoms with Crippen LogP contribution in [0.25, 0.3) is 77.2 Å². The third kappa shape index (κ3) is 7.29. The van der Waals surface area contributed by atoms with Crippen LogP contribution >= 0.6 is 0 Å². The smallest absolute Gasteiger partial charge is 0.247 e. The summed E-state index contributed by atoms with van der Waals surface area (Å²) in [6.07, 6.45) is 0. The fourth-order valence-corrected chi connectivity index (χ4v) is 13.9. The molecule has 2 nitrogen and oxygen atoms in total. The van der Waals surface area contributed by atoms with Crippen LogP contribution in [-0.4, -0.2) is 22.6 Å². The topological polar surface area (TPSA) is 9.86 Å². The first-order valence-electron chi connectivity index (χ1n) is 28.5. The number of benzene rings is 9. The quantitative estimate of drug-likeness (QED) is 0.121. The van der Waals surface area contributed by atoms with Crippen molar-refractivity contribution >= 4 is 89.8 Å². The molecule has 9 aromatic carbocycles. The summed E-state index contributed by atoms with van der Waals surface area (Å²) in [7, 11) is 0. The molecule has 0 aliphatic carbocycles. The van der Waals surface area contributed by atoms with Crippen molar-refractivity contribution in [2.24, 2.45) is 0 Å². The fraction of sp³-hybridized carbons (Fsp3) is 0.250. The summed E-state index contributed by atoms with van der Waals surface area (Å²) < 4.78 is 5.38. The van der Waals surface area contributed by atoms with E-state index in [1.54, 1.807) is 0 Å². The molecule has 0 amide bonds.